The maximum atomic E-state index is 8.49. The fourth-order valence-corrected chi connectivity index (χ4v) is 3.08. The monoisotopic (exact) mass is 352 g/mol. The molecule has 1 aliphatic carbocycles. The van der Waals surface area contributed by atoms with E-state index in [4.69, 9.17) is 23.1 Å². The summed E-state index contributed by atoms with van der Waals surface area (Å²) in [6, 6.07) is 10.6. The average Bonchev–Trinajstić information content (AvgIpc) is 2.55. The summed E-state index contributed by atoms with van der Waals surface area (Å²) in [7, 11) is -4.94. The Kier molecular flexibility index (Phi) is 6.71. The average molecular weight is 353 g/mol. The highest BCUT2D eigenvalue weighted by Crippen LogP contribution is 2.34. The molecule has 0 spiro atoms. The number of fused-ring (bicyclic) bond motifs is 1. The third-order valence-electron chi connectivity index (χ3n) is 4.01. The van der Waals surface area contributed by atoms with Crippen molar-refractivity contribution >= 4 is 0 Å². The molecule has 0 bridgehead atoms. The van der Waals surface area contributed by atoms with E-state index >= 15 is 0 Å². The van der Waals surface area contributed by atoms with E-state index < -0.39 is 10.2 Å². The van der Waals surface area contributed by atoms with Crippen LogP contribution < -0.4 is 18.6 Å². The van der Waals surface area contributed by atoms with Crippen LogP contribution in [0.1, 0.15) is 43.1 Å². The molecule has 1 aromatic carbocycles. The smallest absolute Gasteiger partial charge is 0.222 e. The van der Waals surface area contributed by atoms with E-state index in [0.717, 1.165) is 12.8 Å². The molecular weight excluding hydrogens is 332 g/mol. The summed E-state index contributed by atoms with van der Waals surface area (Å²) in [4.78, 5) is 0. The van der Waals surface area contributed by atoms with Gasteiger partial charge in [-0.2, -0.15) is 0 Å². The molecule has 0 fully saturated rings. The van der Waals surface area contributed by atoms with Gasteiger partial charge in [0.1, 0.15) is 0 Å². The molecule has 3 rings (SSSR count). The highest BCUT2D eigenvalue weighted by molar-refractivity contribution is 5.68. The fourth-order valence-electron chi connectivity index (χ4n) is 3.08. The molecule has 0 saturated heterocycles. The first-order valence-electron chi connectivity index (χ1n) is 8.02. The Morgan fingerprint density at radius 2 is 1.54 bits per heavy atom. The van der Waals surface area contributed by atoms with Crippen LogP contribution in [0.5, 0.6) is 0 Å². The molecule has 0 amide bonds. The molecule has 1 aliphatic rings. The van der Waals surface area contributed by atoms with Gasteiger partial charge in [-0.15, -0.1) is 10.2 Å². The Morgan fingerprint density at radius 1 is 0.958 bits per heavy atom. The second kappa shape index (κ2) is 8.55. The number of halogens is 1. The van der Waals surface area contributed by atoms with Crippen molar-refractivity contribution in [3.05, 3.63) is 53.5 Å². The van der Waals surface area contributed by atoms with Crippen molar-refractivity contribution in [2.45, 2.75) is 45.4 Å². The molecule has 0 saturated carbocycles. The first kappa shape index (κ1) is 18.8. The van der Waals surface area contributed by atoms with Crippen LogP contribution in [0, 0.1) is 10.2 Å². The predicted molar refractivity (Wildman–Crippen MR) is 79.2 cm³/mol. The van der Waals surface area contributed by atoms with Crippen molar-refractivity contribution in [2.24, 2.45) is 0 Å². The van der Waals surface area contributed by atoms with Crippen molar-refractivity contribution in [1.82, 2.24) is 0 Å². The number of hydrogen-bond donors (Lipinski definition) is 0. The fraction of sp³-hybridized carbons (Fsp3) is 0.389. The summed E-state index contributed by atoms with van der Waals surface area (Å²) in [6.07, 6.45) is 9.20. The van der Waals surface area contributed by atoms with Gasteiger partial charge in [0.25, 0.3) is 0 Å². The van der Waals surface area contributed by atoms with Gasteiger partial charge in [-0.05, 0) is 43.2 Å². The van der Waals surface area contributed by atoms with E-state index in [0.29, 0.717) is 0 Å². The molecule has 6 heteroatoms. The largest absolute Gasteiger partial charge is 0.332 e. The lowest BCUT2D eigenvalue weighted by atomic mass is 9.86. The van der Waals surface area contributed by atoms with E-state index in [1.807, 2.05) is 6.26 Å². The Hall–Kier alpha value is -1.50. The highest BCUT2D eigenvalue weighted by atomic mass is 35.7. The lowest BCUT2D eigenvalue weighted by Gasteiger charge is -2.17. The number of hydrogen-bond acceptors (Lipinski definition) is 4. The second-order valence-corrected chi connectivity index (χ2v) is 6.49. The SMILES string of the molecule is CCCc1[o+]cc(-c2ccccc2)c2c1CCCC2.[O-][Cl+3]([O-])([O-])[O-]. The molecule has 24 heavy (non-hydrogen) atoms. The minimum absolute atomic E-state index is 1.07. The maximum absolute atomic E-state index is 8.49. The topological polar surface area (TPSA) is 104 Å². The van der Waals surface area contributed by atoms with Crippen LogP contribution in [-0.2, 0) is 19.3 Å². The summed E-state index contributed by atoms with van der Waals surface area (Å²) in [5, 5.41) is 0. The van der Waals surface area contributed by atoms with E-state index in [1.54, 1.807) is 0 Å². The Bertz CT molecular complexity index is 646. The normalized spacial score (nSPS) is 13.7. The molecule has 1 heterocycles. The van der Waals surface area contributed by atoms with Gasteiger partial charge < -0.3 is 0 Å². The minimum Gasteiger partial charge on any atom is -0.222 e. The van der Waals surface area contributed by atoms with Gasteiger partial charge in [0, 0.05) is 0 Å². The zero-order valence-corrected chi connectivity index (χ0v) is 14.4. The lowest BCUT2D eigenvalue weighted by molar-refractivity contribution is -2.00. The molecule has 2 aromatic rings. The number of aryl methyl sites for hydroxylation is 1. The lowest BCUT2D eigenvalue weighted by Crippen LogP contribution is -2.68. The van der Waals surface area contributed by atoms with E-state index in [9.17, 15) is 0 Å². The van der Waals surface area contributed by atoms with E-state index in [-0.39, 0.29) is 0 Å². The summed E-state index contributed by atoms with van der Waals surface area (Å²) < 4.78 is 39.9. The molecule has 130 valence electrons. The molecule has 0 unspecified atom stereocenters. The summed E-state index contributed by atoms with van der Waals surface area (Å²) in [5.74, 6) is 1.22. The van der Waals surface area contributed by atoms with E-state index in [2.05, 4.69) is 37.3 Å². The zero-order valence-electron chi connectivity index (χ0n) is 13.6. The minimum atomic E-state index is -4.94. The molecule has 1 aromatic heterocycles. The van der Waals surface area contributed by atoms with Crippen LogP contribution >= 0.6 is 0 Å². The van der Waals surface area contributed by atoms with Crippen LogP contribution in [-0.4, -0.2) is 0 Å². The highest BCUT2D eigenvalue weighted by Gasteiger charge is 2.25. The van der Waals surface area contributed by atoms with Gasteiger partial charge >= 0.3 is 12.0 Å². The van der Waals surface area contributed by atoms with Crippen LogP contribution in [0.25, 0.3) is 11.1 Å². The Labute approximate surface area is 143 Å². The molecule has 0 radical (unpaired) electrons. The second-order valence-electron chi connectivity index (χ2n) is 5.73. The first-order chi connectivity index (χ1) is 11.4. The van der Waals surface area contributed by atoms with Gasteiger partial charge in [0.15, 0.2) is 0 Å². The third-order valence-corrected chi connectivity index (χ3v) is 4.01. The van der Waals surface area contributed by atoms with Crippen LogP contribution in [0.4, 0.5) is 0 Å². The van der Waals surface area contributed by atoms with Gasteiger partial charge in [-0.1, -0.05) is 37.3 Å². The molecular formula is C18H21ClO5. The van der Waals surface area contributed by atoms with Crippen molar-refractivity contribution in [3.63, 3.8) is 0 Å². The van der Waals surface area contributed by atoms with Gasteiger partial charge in [0.2, 0.25) is 0 Å². The van der Waals surface area contributed by atoms with Gasteiger partial charge in [0.05, 0.1) is 17.5 Å². The standard InChI is InChI=1S/C18H21O.ClHO4/c1-2-8-18-16-12-7-6-11-15(16)17(13-19-18)14-9-4-3-5-10-14;2-1(3,4)5/h3-5,9-10,13H,2,6-8,11-12H2,1H3;(H,2,3,4,5)/q+1;/p-1. The van der Waals surface area contributed by atoms with Gasteiger partial charge in [-0.25, -0.2) is 23.1 Å². The predicted octanol–water partition coefficient (Wildman–Crippen LogP) is 0.303. The maximum Gasteiger partial charge on any atom is 0.332 e. The van der Waals surface area contributed by atoms with Gasteiger partial charge in [-0.3, -0.25) is 0 Å². The summed E-state index contributed by atoms with van der Waals surface area (Å²) in [5.41, 5.74) is 5.62. The van der Waals surface area contributed by atoms with Crippen LogP contribution in [0.3, 0.4) is 0 Å². The van der Waals surface area contributed by atoms with Crippen molar-refractivity contribution in [2.75, 3.05) is 0 Å². The first-order valence-corrected chi connectivity index (χ1v) is 9.26. The third kappa shape index (κ3) is 5.54. The van der Waals surface area contributed by atoms with Crippen LogP contribution in [0.2, 0.25) is 0 Å². The number of rotatable bonds is 3. The number of benzene rings is 1. The van der Waals surface area contributed by atoms with Crippen molar-refractivity contribution in [1.29, 1.82) is 0 Å². The van der Waals surface area contributed by atoms with E-state index in [1.165, 1.54) is 53.7 Å². The summed E-state index contributed by atoms with van der Waals surface area (Å²) >= 11 is 0. The molecule has 0 atom stereocenters. The molecule has 0 aliphatic heterocycles. The van der Waals surface area contributed by atoms with Crippen LogP contribution in [0.15, 0.2) is 41.0 Å². The van der Waals surface area contributed by atoms with Crippen molar-refractivity contribution < 1.29 is 33.3 Å². The Morgan fingerprint density at radius 3 is 2.12 bits per heavy atom. The zero-order chi connectivity index (χ0) is 17.6. The Balaban J connectivity index is 0.000000368. The molecule has 5 nitrogen and oxygen atoms in total. The quantitative estimate of drug-likeness (QED) is 0.739. The summed E-state index contributed by atoms with van der Waals surface area (Å²) in [6.45, 7) is 2.22. The van der Waals surface area contributed by atoms with Crippen molar-refractivity contribution in [3.8, 4) is 11.1 Å². The molecule has 0 N–H and O–H groups in total.